The van der Waals surface area contributed by atoms with Crippen molar-refractivity contribution in [3.63, 3.8) is 0 Å². The average molecular weight is 371 g/mol. The number of ketones is 1. The van der Waals surface area contributed by atoms with Gasteiger partial charge in [-0.25, -0.2) is 13.2 Å². The zero-order valence-electron chi connectivity index (χ0n) is 14.1. The highest BCUT2D eigenvalue weighted by molar-refractivity contribution is 7.92. The normalized spacial score (nSPS) is 11.4. The van der Waals surface area contributed by atoms with Crippen LogP contribution in [0.4, 0.5) is 5.69 Å². The fourth-order valence-corrected chi connectivity index (χ4v) is 3.64. The van der Waals surface area contributed by atoms with E-state index >= 15 is 0 Å². The topological polar surface area (TPSA) is 93.4 Å². The Morgan fingerprint density at radius 2 is 1.88 bits per heavy atom. The maximum absolute atomic E-state index is 12.6. The molecule has 3 aromatic rings. The Morgan fingerprint density at radius 1 is 1.08 bits per heavy atom. The molecule has 0 saturated carbocycles. The third-order valence-corrected chi connectivity index (χ3v) is 5.19. The molecule has 1 heterocycles. The van der Waals surface area contributed by atoms with Gasteiger partial charge in [-0.15, -0.1) is 0 Å². The monoisotopic (exact) mass is 371 g/mol. The molecule has 2 aromatic carbocycles. The van der Waals surface area contributed by atoms with Gasteiger partial charge >= 0.3 is 5.63 Å². The number of hydrogen-bond donors (Lipinski definition) is 1. The van der Waals surface area contributed by atoms with Crippen LogP contribution in [0.3, 0.4) is 0 Å². The van der Waals surface area contributed by atoms with Crippen LogP contribution in [0.25, 0.3) is 11.0 Å². The maximum atomic E-state index is 12.6. The Balaban J connectivity index is 1.92. The number of fused-ring (bicyclic) bond motifs is 1. The van der Waals surface area contributed by atoms with Crippen LogP contribution in [0.5, 0.6) is 0 Å². The standard InChI is InChI=1S/C19H17NO5S/c1-2-4-17(21)13-5-3-6-15(11-13)20-26(23,24)16-8-9-18-14(12-16)7-10-19(22)25-18/h3,5-12,20H,2,4H2,1H3. The van der Waals surface area contributed by atoms with E-state index in [4.69, 9.17) is 4.42 Å². The predicted molar refractivity (Wildman–Crippen MR) is 99.0 cm³/mol. The van der Waals surface area contributed by atoms with Gasteiger partial charge in [-0.2, -0.15) is 0 Å². The molecule has 0 amide bonds. The van der Waals surface area contributed by atoms with E-state index in [0.717, 1.165) is 6.42 Å². The van der Waals surface area contributed by atoms with Gasteiger partial charge in [0.15, 0.2) is 5.78 Å². The second kappa shape index (κ2) is 7.13. The zero-order chi connectivity index (χ0) is 18.7. The number of nitrogens with one attached hydrogen (secondary N) is 1. The van der Waals surface area contributed by atoms with Gasteiger partial charge in [-0.1, -0.05) is 19.1 Å². The minimum absolute atomic E-state index is 0.0316. The highest BCUT2D eigenvalue weighted by Gasteiger charge is 2.16. The fourth-order valence-electron chi connectivity index (χ4n) is 2.56. The van der Waals surface area contributed by atoms with Crippen LogP contribution in [0.1, 0.15) is 30.1 Å². The van der Waals surface area contributed by atoms with Crippen LogP contribution in [0.15, 0.2) is 68.7 Å². The van der Waals surface area contributed by atoms with Crippen molar-refractivity contribution in [3.8, 4) is 0 Å². The third-order valence-electron chi connectivity index (χ3n) is 3.81. The molecule has 3 rings (SSSR count). The summed E-state index contributed by atoms with van der Waals surface area (Å²) < 4.78 is 32.7. The summed E-state index contributed by atoms with van der Waals surface area (Å²) in [4.78, 5) is 23.2. The van der Waals surface area contributed by atoms with Gasteiger partial charge in [-0.3, -0.25) is 9.52 Å². The smallest absolute Gasteiger partial charge is 0.336 e. The minimum Gasteiger partial charge on any atom is -0.423 e. The molecule has 6 nitrogen and oxygen atoms in total. The molecule has 0 aliphatic heterocycles. The SMILES string of the molecule is CCCC(=O)c1cccc(NS(=O)(=O)c2ccc3oc(=O)ccc3c2)c1. The molecule has 0 fully saturated rings. The van der Waals surface area contributed by atoms with E-state index in [2.05, 4.69) is 4.72 Å². The van der Waals surface area contributed by atoms with E-state index in [0.29, 0.717) is 28.6 Å². The molecule has 0 atom stereocenters. The molecule has 1 N–H and O–H groups in total. The van der Waals surface area contributed by atoms with E-state index < -0.39 is 15.6 Å². The molecular weight excluding hydrogens is 354 g/mol. The summed E-state index contributed by atoms with van der Waals surface area (Å²) in [5, 5.41) is 0.499. The number of Topliss-reactive ketones (excluding diaryl/α,β-unsaturated/α-hetero) is 1. The number of rotatable bonds is 6. The highest BCUT2D eigenvalue weighted by Crippen LogP contribution is 2.21. The van der Waals surface area contributed by atoms with Crippen LogP contribution in [0, 0.1) is 0 Å². The molecule has 0 bridgehead atoms. The second-order valence-electron chi connectivity index (χ2n) is 5.81. The molecular formula is C19H17NO5S. The number of anilines is 1. The summed E-state index contributed by atoms with van der Waals surface area (Å²) in [6.45, 7) is 1.91. The largest absolute Gasteiger partial charge is 0.423 e. The molecule has 134 valence electrons. The number of sulfonamides is 1. The first-order valence-corrected chi connectivity index (χ1v) is 9.57. The van der Waals surface area contributed by atoms with Crippen molar-refractivity contribution < 1.29 is 17.6 Å². The lowest BCUT2D eigenvalue weighted by molar-refractivity contribution is 0.0981. The number of benzene rings is 2. The van der Waals surface area contributed by atoms with Crippen LogP contribution in [-0.4, -0.2) is 14.2 Å². The van der Waals surface area contributed by atoms with Gasteiger partial charge in [0.2, 0.25) is 0 Å². The van der Waals surface area contributed by atoms with Crippen LogP contribution >= 0.6 is 0 Å². The number of carbonyl (C=O) groups is 1. The average Bonchev–Trinajstić information content (AvgIpc) is 2.61. The van der Waals surface area contributed by atoms with Gasteiger partial charge < -0.3 is 4.42 Å². The van der Waals surface area contributed by atoms with Crippen molar-refractivity contribution in [3.05, 3.63) is 70.6 Å². The van der Waals surface area contributed by atoms with E-state index in [1.54, 1.807) is 18.2 Å². The summed E-state index contributed by atoms with van der Waals surface area (Å²) in [6.07, 6.45) is 1.13. The number of hydrogen-bond acceptors (Lipinski definition) is 5. The highest BCUT2D eigenvalue weighted by atomic mass is 32.2. The van der Waals surface area contributed by atoms with Crippen molar-refractivity contribution in [2.24, 2.45) is 0 Å². The van der Waals surface area contributed by atoms with Crippen molar-refractivity contribution in [2.45, 2.75) is 24.7 Å². The first-order chi connectivity index (χ1) is 12.4. The van der Waals surface area contributed by atoms with Gasteiger partial charge in [0.1, 0.15) is 5.58 Å². The summed E-state index contributed by atoms with van der Waals surface area (Å²) in [7, 11) is -3.85. The van der Waals surface area contributed by atoms with Gasteiger partial charge in [0.25, 0.3) is 10.0 Å². The van der Waals surface area contributed by atoms with E-state index in [1.165, 1.54) is 36.4 Å². The van der Waals surface area contributed by atoms with Crippen LogP contribution in [0.2, 0.25) is 0 Å². The molecule has 0 aliphatic rings. The summed E-state index contributed by atoms with van der Waals surface area (Å²) >= 11 is 0. The van der Waals surface area contributed by atoms with E-state index in [1.807, 2.05) is 6.92 Å². The summed E-state index contributed by atoms with van der Waals surface area (Å²) in [5.74, 6) is -0.0331. The Bertz CT molecular complexity index is 1130. The second-order valence-corrected chi connectivity index (χ2v) is 7.50. The lowest BCUT2D eigenvalue weighted by Crippen LogP contribution is -2.13. The lowest BCUT2D eigenvalue weighted by atomic mass is 10.1. The van der Waals surface area contributed by atoms with Gasteiger partial charge in [0, 0.05) is 29.1 Å². The van der Waals surface area contributed by atoms with Gasteiger partial charge in [-0.05, 0) is 42.8 Å². The minimum atomic E-state index is -3.85. The molecule has 0 aliphatic carbocycles. The van der Waals surface area contributed by atoms with E-state index in [9.17, 15) is 18.0 Å². The fraction of sp³-hybridized carbons (Fsp3) is 0.158. The Kier molecular flexibility index (Phi) is 4.90. The predicted octanol–water partition coefficient (Wildman–Crippen LogP) is 3.58. The Hall–Kier alpha value is -2.93. The summed E-state index contributed by atoms with van der Waals surface area (Å²) in [6, 6.07) is 13.4. The lowest BCUT2D eigenvalue weighted by Gasteiger charge is -2.10. The number of carbonyl (C=O) groups excluding carboxylic acids is 1. The Morgan fingerprint density at radius 3 is 2.65 bits per heavy atom. The van der Waals surface area contributed by atoms with Crippen molar-refractivity contribution in [1.82, 2.24) is 0 Å². The third kappa shape index (κ3) is 3.83. The van der Waals surface area contributed by atoms with Crippen LogP contribution in [-0.2, 0) is 10.0 Å². The van der Waals surface area contributed by atoms with Crippen molar-refractivity contribution >= 4 is 32.5 Å². The molecule has 26 heavy (non-hydrogen) atoms. The molecule has 0 spiro atoms. The van der Waals surface area contributed by atoms with Crippen LogP contribution < -0.4 is 10.3 Å². The first kappa shape index (κ1) is 17.9. The maximum Gasteiger partial charge on any atom is 0.336 e. The first-order valence-electron chi connectivity index (χ1n) is 8.09. The quantitative estimate of drug-likeness (QED) is 0.528. The van der Waals surface area contributed by atoms with E-state index in [-0.39, 0.29) is 10.7 Å². The molecule has 7 heteroatoms. The zero-order valence-corrected chi connectivity index (χ0v) is 14.9. The van der Waals surface area contributed by atoms with Gasteiger partial charge in [0.05, 0.1) is 4.90 Å². The Labute approximate surface area is 150 Å². The molecule has 0 radical (unpaired) electrons. The van der Waals surface area contributed by atoms with Crippen molar-refractivity contribution in [1.29, 1.82) is 0 Å². The molecule has 0 unspecified atom stereocenters. The molecule has 0 saturated heterocycles. The van der Waals surface area contributed by atoms with Crippen molar-refractivity contribution in [2.75, 3.05) is 4.72 Å². The summed E-state index contributed by atoms with van der Waals surface area (Å²) in [5.41, 5.74) is 0.586. The molecule has 1 aromatic heterocycles.